The number of aliphatic hydroxyl groups excluding tert-OH is 1. The van der Waals surface area contributed by atoms with E-state index in [-0.39, 0.29) is 23.4 Å². The van der Waals surface area contributed by atoms with Crippen LogP contribution in [0.15, 0.2) is 72.3 Å². The van der Waals surface area contributed by atoms with Crippen LogP contribution in [-0.2, 0) is 16.0 Å². The van der Waals surface area contributed by atoms with Crippen LogP contribution in [0.3, 0.4) is 0 Å². The number of benzene rings is 3. The van der Waals surface area contributed by atoms with Crippen molar-refractivity contribution in [3.05, 3.63) is 89.0 Å². The molecule has 8 heteroatoms. The number of methoxy groups -OCH3 is 4. The SMILES string of the molecule is COc1ccc(CCN2C(=O)C(=O)/C(=C(/O)c3c(OC)cccc3OC)C2c2ccc(OC)cc2)cc1. The molecule has 1 amide bonds. The van der Waals surface area contributed by atoms with E-state index >= 15 is 0 Å². The molecule has 1 unspecified atom stereocenters. The molecular weight excluding hydrogens is 474 g/mol. The van der Waals surface area contributed by atoms with Gasteiger partial charge in [0.05, 0.1) is 40.1 Å². The molecule has 192 valence electrons. The third-order valence-corrected chi connectivity index (χ3v) is 6.44. The molecule has 0 saturated carbocycles. The molecular formula is C29H29NO7. The summed E-state index contributed by atoms with van der Waals surface area (Å²) in [7, 11) is 6.07. The third kappa shape index (κ3) is 4.95. The second kappa shape index (κ2) is 11.1. The summed E-state index contributed by atoms with van der Waals surface area (Å²) in [6, 6.07) is 18.8. The summed E-state index contributed by atoms with van der Waals surface area (Å²) < 4.78 is 21.4. The summed E-state index contributed by atoms with van der Waals surface area (Å²) in [5, 5.41) is 11.5. The van der Waals surface area contributed by atoms with Gasteiger partial charge >= 0.3 is 0 Å². The Morgan fingerprint density at radius 1 is 0.784 bits per heavy atom. The normalized spacial score (nSPS) is 16.5. The molecule has 1 atom stereocenters. The van der Waals surface area contributed by atoms with E-state index in [1.165, 1.54) is 19.1 Å². The Morgan fingerprint density at radius 2 is 1.32 bits per heavy atom. The monoisotopic (exact) mass is 503 g/mol. The van der Waals surface area contributed by atoms with Gasteiger partial charge in [0.2, 0.25) is 0 Å². The van der Waals surface area contributed by atoms with Crippen LogP contribution in [0, 0.1) is 0 Å². The summed E-state index contributed by atoms with van der Waals surface area (Å²) in [4.78, 5) is 28.2. The Hall–Kier alpha value is -4.46. The predicted octanol–water partition coefficient (Wildman–Crippen LogP) is 4.39. The lowest BCUT2D eigenvalue weighted by Gasteiger charge is -2.26. The minimum Gasteiger partial charge on any atom is -0.506 e. The number of carbonyl (C=O) groups is 2. The second-order valence-corrected chi connectivity index (χ2v) is 8.40. The minimum absolute atomic E-state index is 0.0345. The molecule has 1 heterocycles. The molecule has 4 rings (SSSR count). The van der Waals surface area contributed by atoms with Crippen molar-refractivity contribution in [2.24, 2.45) is 0 Å². The van der Waals surface area contributed by atoms with Gasteiger partial charge in [0, 0.05) is 6.54 Å². The zero-order valence-electron chi connectivity index (χ0n) is 21.2. The zero-order chi connectivity index (χ0) is 26.5. The highest BCUT2D eigenvalue weighted by Gasteiger charge is 2.46. The first-order valence-electron chi connectivity index (χ1n) is 11.7. The number of likely N-dealkylation sites (tertiary alicyclic amines) is 1. The van der Waals surface area contributed by atoms with Gasteiger partial charge in [-0.1, -0.05) is 30.3 Å². The summed E-state index contributed by atoms with van der Waals surface area (Å²) in [5.74, 6) is 0.161. The van der Waals surface area contributed by atoms with Crippen LogP contribution in [0.1, 0.15) is 22.7 Å². The number of hydrogen-bond acceptors (Lipinski definition) is 7. The van der Waals surface area contributed by atoms with Gasteiger partial charge in [-0.25, -0.2) is 0 Å². The van der Waals surface area contributed by atoms with E-state index in [4.69, 9.17) is 18.9 Å². The van der Waals surface area contributed by atoms with Crippen LogP contribution in [0.5, 0.6) is 23.0 Å². The van der Waals surface area contributed by atoms with Gasteiger partial charge in [0.25, 0.3) is 11.7 Å². The number of carbonyl (C=O) groups excluding carboxylic acids is 2. The summed E-state index contributed by atoms with van der Waals surface area (Å²) in [6.45, 7) is 0.257. The molecule has 0 spiro atoms. The maximum Gasteiger partial charge on any atom is 0.295 e. The van der Waals surface area contributed by atoms with Gasteiger partial charge in [-0.15, -0.1) is 0 Å². The molecule has 3 aromatic carbocycles. The molecule has 0 bridgehead atoms. The van der Waals surface area contributed by atoms with Gasteiger partial charge in [0.15, 0.2) is 0 Å². The third-order valence-electron chi connectivity index (χ3n) is 6.44. The van der Waals surface area contributed by atoms with Crippen molar-refractivity contribution in [3.63, 3.8) is 0 Å². The van der Waals surface area contributed by atoms with E-state index in [9.17, 15) is 14.7 Å². The lowest BCUT2D eigenvalue weighted by atomic mass is 9.94. The van der Waals surface area contributed by atoms with Crippen LogP contribution in [0.4, 0.5) is 0 Å². The average Bonchev–Trinajstić information content (AvgIpc) is 3.20. The van der Waals surface area contributed by atoms with Crippen LogP contribution < -0.4 is 18.9 Å². The Morgan fingerprint density at radius 3 is 1.84 bits per heavy atom. The fourth-order valence-corrected chi connectivity index (χ4v) is 4.50. The molecule has 37 heavy (non-hydrogen) atoms. The molecule has 1 fully saturated rings. The molecule has 0 aliphatic carbocycles. The van der Waals surface area contributed by atoms with E-state index in [1.54, 1.807) is 56.7 Å². The van der Waals surface area contributed by atoms with Crippen molar-refractivity contribution in [1.82, 2.24) is 4.90 Å². The van der Waals surface area contributed by atoms with Gasteiger partial charge in [-0.3, -0.25) is 9.59 Å². The van der Waals surface area contributed by atoms with E-state index in [2.05, 4.69) is 0 Å². The van der Waals surface area contributed by atoms with Crippen LogP contribution in [0.25, 0.3) is 5.76 Å². The Bertz CT molecular complexity index is 1290. The highest BCUT2D eigenvalue weighted by Crippen LogP contribution is 2.43. The van der Waals surface area contributed by atoms with Crippen molar-refractivity contribution in [2.45, 2.75) is 12.5 Å². The molecule has 1 aliphatic rings. The zero-order valence-corrected chi connectivity index (χ0v) is 21.2. The lowest BCUT2D eigenvalue weighted by molar-refractivity contribution is -0.139. The Kier molecular flexibility index (Phi) is 7.67. The lowest BCUT2D eigenvalue weighted by Crippen LogP contribution is -2.31. The number of ether oxygens (including phenoxy) is 4. The quantitative estimate of drug-likeness (QED) is 0.263. The predicted molar refractivity (Wildman–Crippen MR) is 138 cm³/mol. The Balaban J connectivity index is 1.82. The first-order valence-corrected chi connectivity index (χ1v) is 11.7. The number of nitrogens with zero attached hydrogens (tertiary/aromatic N) is 1. The van der Waals surface area contributed by atoms with E-state index in [0.29, 0.717) is 29.2 Å². The number of hydrogen-bond donors (Lipinski definition) is 1. The highest BCUT2D eigenvalue weighted by atomic mass is 16.5. The van der Waals surface area contributed by atoms with Crippen molar-refractivity contribution in [3.8, 4) is 23.0 Å². The molecule has 1 saturated heterocycles. The van der Waals surface area contributed by atoms with Gasteiger partial charge < -0.3 is 29.0 Å². The first-order chi connectivity index (χ1) is 17.9. The largest absolute Gasteiger partial charge is 0.506 e. The summed E-state index contributed by atoms with van der Waals surface area (Å²) in [5.41, 5.74) is 1.81. The molecule has 8 nitrogen and oxygen atoms in total. The van der Waals surface area contributed by atoms with Crippen LogP contribution in [-0.4, -0.2) is 56.7 Å². The number of aliphatic hydroxyl groups is 1. The number of amides is 1. The maximum atomic E-state index is 13.4. The van der Waals surface area contributed by atoms with Crippen molar-refractivity contribution in [2.75, 3.05) is 35.0 Å². The topological polar surface area (TPSA) is 94.5 Å². The number of rotatable bonds is 9. The molecule has 0 radical (unpaired) electrons. The average molecular weight is 504 g/mol. The molecule has 0 aromatic heterocycles. The van der Waals surface area contributed by atoms with E-state index in [0.717, 1.165) is 11.3 Å². The summed E-state index contributed by atoms with van der Waals surface area (Å²) in [6.07, 6.45) is 0.502. The highest BCUT2D eigenvalue weighted by molar-refractivity contribution is 6.46. The fraction of sp³-hybridized carbons (Fsp3) is 0.241. The van der Waals surface area contributed by atoms with Gasteiger partial charge in [-0.2, -0.15) is 0 Å². The van der Waals surface area contributed by atoms with Gasteiger partial charge in [-0.05, 0) is 53.9 Å². The molecule has 1 aliphatic heterocycles. The number of Topliss-reactive ketones (excluding diaryl/α,β-unsaturated/α-hetero) is 1. The van der Waals surface area contributed by atoms with Gasteiger partial charge in [0.1, 0.15) is 34.3 Å². The fourth-order valence-electron chi connectivity index (χ4n) is 4.50. The smallest absolute Gasteiger partial charge is 0.295 e. The summed E-state index contributed by atoms with van der Waals surface area (Å²) >= 11 is 0. The van der Waals surface area contributed by atoms with Crippen LogP contribution >= 0.6 is 0 Å². The number of ketones is 1. The first kappa shape index (κ1) is 25.6. The van der Waals surface area contributed by atoms with E-state index < -0.39 is 17.7 Å². The maximum absolute atomic E-state index is 13.4. The second-order valence-electron chi connectivity index (χ2n) is 8.40. The van der Waals surface area contributed by atoms with Crippen molar-refractivity contribution < 1.29 is 33.6 Å². The van der Waals surface area contributed by atoms with E-state index in [1.807, 2.05) is 24.3 Å². The molecule has 3 aromatic rings. The molecule has 1 N–H and O–H groups in total. The van der Waals surface area contributed by atoms with Crippen molar-refractivity contribution >= 4 is 17.4 Å². The standard InChI is InChI=1S/C29H29NO7/c1-34-20-12-8-18(9-13-20)16-17-30-26(19-10-14-21(35-2)15-11-19)25(28(32)29(30)33)27(31)24-22(36-3)6-5-7-23(24)37-4/h5-15,26,31H,16-17H2,1-4H3/b27-25+. The minimum atomic E-state index is -0.821. The Labute approximate surface area is 215 Å². The van der Waals surface area contributed by atoms with Crippen LogP contribution in [0.2, 0.25) is 0 Å². The van der Waals surface area contributed by atoms with Crippen molar-refractivity contribution in [1.29, 1.82) is 0 Å².